The number of halogens is 1. The summed E-state index contributed by atoms with van der Waals surface area (Å²) in [5.41, 5.74) is 9.60. The lowest BCUT2D eigenvalue weighted by atomic mass is 10.1. The van der Waals surface area contributed by atoms with Crippen molar-refractivity contribution in [2.75, 3.05) is 11.1 Å². The van der Waals surface area contributed by atoms with E-state index in [0.29, 0.717) is 12.2 Å². The van der Waals surface area contributed by atoms with Crippen LogP contribution in [0, 0.1) is 0 Å². The van der Waals surface area contributed by atoms with Gasteiger partial charge in [-0.15, -0.1) is 0 Å². The molecule has 0 radical (unpaired) electrons. The zero-order chi connectivity index (χ0) is 14.7. The van der Waals surface area contributed by atoms with Crippen LogP contribution in [-0.2, 0) is 6.54 Å². The van der Waals surface area contributed by atoms with Gasteiger partial charge in [0.05, 0.1) is 22.1 Å². The standard InChI is InChI=1S/C15H14BrN5/c16-13-7-12(17)9-19-15(13)18-8-10-1-3-11(4-2-10)14-5-6-20-21-14/h1-7,9H,8,17H2,(H,18,19)(H,20,21). The topological polar surface area (TPSA) is 79.6 Å². The van der Waals surface area contributed by atoms with Gasteiger partial charge >= 0.3 is 0 Å². The fourth-order valence-electron chi connectivity index (χ4n) is 1.99. The van der Waals surface area contributed by atoms with Crippen molar-refractivity contribution in [3.8, 4) is 11.3 Å². The zero-order valence-electron chi connectivity index (χ0n) is 11.2. The van der Waals surface area contributed by atoms with Gasteiger partial charge in [-0.25, -0.2) is 4.98 Å². The van der Waals surface area contributed by atoms with E-state index >= 15 is 0 Å². The van der Waals surface area contributed by atoms with Gasteiger partial charge in [0.2, 0.25) is 0 Å². The summed E-state index contributed by atoms with van der Waals surface area (Å²) in [6.45, 7) is 0.693. The molecule has 0 aliphatic carbocycles. The van der Waals surface area contributed by atoms with Gasteiger partial charge < -0.3 is 11.1 Å². The quantitative estimate of drug-likeness (QED) is 0.677. The minimum absolute atomic E-state index is 0.635. The Morgan fingerprint density at radius 1 is 1.19 bits per heavy atom. The van der Waals surface area contributed by atoms with Crippen molar-refractivity contribution < 1.29 is 0 Å². The summed E-state index contributed by atoms with van der Waals surface area (Å²) in [6, 6.07) is 12.1. The van der Waals surface area contributed by atoms with Crippen molar-refractivity contribution >= 4 is 27.4 Å². The molecule has 106 valence electrons. The van der Waals surface area contributed by atoms with Crippen LogP contribution < -0.4 is 11.1 Å². The maximum atomic E-state index is 5.67. The number of anilines is 2. The molecule has 5 nitrogen and oxygen atoms in total. The SMILES string of the molecule is Nc1cnc(NCc2ccc(-c3ccn[nH]3)cc2)c(Br)c1. The van der Waals surface area contributed by atoms with Crippen LogP contribution in [0.5, 0.6) is 0 Å². The summed E-state index contributed by atoms with van der Waals surface area (Å²) in [6.07, 6.45) is 3.38. The Morgan fingerprint density at radius 3 is 2.67 bits per heavy atom. The third-order valence-corrected chi connectivity index (χ3v) is 3.69. The van der Waals surface area contributed by atoms with Gasteiger partial charge in [-0.3, -0.25) is 5.10 Å². The largest absolute Gasteiger partial charge is 0.397 e. The van der Waals surface area contributed by atoms with E-state index in [9.17, 15) is 0 Å². The van der Waals surface area contributed by atoms with Crippen LogP contribution in [0.1, 0.15) is 5.56 Å². The third-order valence-electron chi connectivity index (χ3n) is 3.09. The maximum absolute atomic E-state index is 5.67. The van der Waals surface area contributed by atoms with Crippen LogP contribution >= 0.6 is 15.9 Å². The second-order valence-corrected chi connectivity index (χ2v) is 5.47. The molecule has 0 aliphatic rings. The number of aromatic nitrogens is 3. The van der Waals surface area contributed by atoms with Gasteiger partial charge in [-0.1, -0.05) is 24.3 Å². The molecular formula is C15H14BrN5. The highest BCUT2D eigenvalue weighted by atomic mass is 79.9. The van der Waals surface area contributed by atoms with Gasteiger partial charge in [0.25, 0.3) is 0 Å². The molecule has 0 aliphatic heterocycles. The van der Waals surface area contributed by atoms with E-state index in [1.54, 1.807) is 12.4 Å². The number of pyridine rings is 1. The van der Waals surface area contributed by atoms with E-state index in [-0.39, 0.29) is 0 Å². The summed E-state index contributed by atoms with van der Waals surface area (Å²) in [4.78, 5) is 4.25. The summed E-state index contributed by atoms with van der Waals surface area (Å²) >= 11 is 3.44. The lowest BCUT2D eigenvalue weighted by Gasteiger charge is -2.08. The molecule has 0 spiro atoms. The molecule has 0 atom stereocenters. The number of hydrogen-bond acceptors (Lipinski definition) is 4. The number of rotatable bonds is 4. The van der Waals surface area contributed by atoms with Crippen LogP contribution in [0.15, 0.2) is 53.3 Å². The second-order valence-electron chi connectivity index (χ2n) is 4.62. The molecule has 0 fully saturated rings. The highest BCUT2D eigenvalue weighted by molar-refractivity contribution is 9.10. The van der Waals surface area contributed by atoms with Crippen molar-refractivity contribution in [2.24, 2.45) is 0 Å². The van der Waals surface area contributed by atoms with Crippen molar-refractivity contribution in [1.29, 1.82) is 0 Å². The number of hydrogen-bond donors (Lipinski definition) is 3. The Hall–Kier alpha value is -2.34. The first kappa shape index (κ1) is 13.6. The van der Waals surface area contributed by atoms with Crippen LogP contribution in [-0.4, -0.2) is 15.2 Å². The smallest absolute Gasteiger partial charge is 0.140 e. The van der Waals surface area contributed by atoms with Crippen LogP contribution in [0.3, 0.4) is 0 Å². The number of H-pyrrole nitrogens is 1. The van der Waals surface area contributed by atoms with Gasteiger partial charge in [-0.2, -0.15) is 5.10 Å². The number of nitrogens with zero attached hydrogens (tertiary/aromatic N) is 2. The predicted molar refractivity (Wildman–Crippen MR) is 87.7 cm³/mol. The van der Waals surface area contributed by atoms with Gasteiger partial charge in [0.15, 0.2) is 0 Å². The second kappa shape index (κ2) is 5.97. The molecule has 1 aromatic carbocycles. The van der Waals surface area contributed by atoms with E-state index in [2.05, 4.69) is 60.7 Å². The molecule has 0 saturated carbocycles. The summed E-state index contributed by atoms with van der Waals surface area (Å²) in [5.74, 6) is 0.779. The molecule has 3 aromatic rings. The lowest BCUT2D eigenvalue weighted by molar-refractivity contribution is 1.09. The third kappa shape index (κ3) is 3.22. The molecule has 21 heavy (non-hydrogen) atoms. The van der Waals surface area contributed by atoms with Crippen molar-refractivity contribution in [2.45, 2.75) is 6.54 Å². The minimum atomic E-state index is 0.635. The highest BCUT2D eigenvalue weighted by Crippen LogP contribution is 2.23. The number of nitrogens with one attached hydrogen (secondary N) is 2. The Morgan fingerprint density at radius 2 is 2.00 bits per heavy atom. The highest BCUT2D eigenvalue weighted by Gasteiger charge is 2.03. The molecule has 0 unspecified atom stereocenters. The van der Waals surface area contributed by atoms with Crippen LogP contribution in [0.4, 0.5) is 11.5 Å². The molecule has 0 bridgehead atoms. The minimum Gasteiger partial charge on any atom is -0.397 e. The van der Waals surface area contributed by atoms with Gasteiger partial charge in [-0.05, 0) is 39.2 Å². The maximum Gasteiger partial charge on any atom is 0.140 e. The van der Waals surface area contributed by atoms with Gasteiger partial charge in [0, 0.05) is 12.7 Å². The van der Waals surface area contributed by atoms with Crippen molar-refractivity contribution in [3.63, 3.8) is 0 Å². The monoisotopic (exact) mass is 343 g/mol. The Kier molecular flexibility index (Phi) is 3.87. The number of nitrogen functional groups attached to an aromatic ring is 1. The van der Waals surface area contributed by atoms with E-state index in [4.69, 9.17) is 5.73 Å². The van der Waals surface area contributed by atoms with E-state index in [0.717, 1.165) is 21.5 Å². The zero-order valence-corrected chi connectivity index (χ0v) is 12.8. The van der Waals surface area contributed by atoms with E-state index in [1.165, 1.54) is 5.56 Å². The average molecular weight is 344 g/mol. The molecule has 2 aromatic heterocycles. The molecule has 0 amide bonds. The normalized spacial score (nSPS) is 10.5. The average Bonchev–Trinajstić information content (AvgIpc) is 3.01. The first-order valence-corrected chi connectivity index (χ1v) is 7.25. The Bertz CT molecular complexity index is 722. The Balaban J connectivity index is 1.68. The summed E-state index contributed by atoms with van der Waals surface area (Å²) < 4.78 is 0.858. The van der Waals surface area contributed by atoms with Crippen LogP contribution in [0.2, 0.25) is 0 Å². The lowest BCUT2D eigenvalue weighted by Crippen LogP contribution is -2.02. The molecule has 6 heteroatoms. The number of aromatic amines is 1. The molecule has 2 heterocycles. The predicted octanol–water partition coefficient (Wildman–Crippen LogP) is 3.43. The first-order valence-electron chi connectivity index (χ1n) is 6.46. The van der Waals surface area contributed by atoms with E-state index in [1.807, 2.05) is 12.1 Å². The molecule has 0 saturated heterocycles. The molecular weight excluding hydrogens is 330 g/mol. The van der Waals surface area contributed by atoms with Crippen molar-refractivity contribution in [3.05, 3.63) is 58.8 Å². The summed E-state index contributed by atoms with van der Waals surface area (Å²) in [5, 5.41) is 10.2. The fourth-order valence-corrected chi connectivity index (χ4v) is 2.49. The molecule has 4 N–H and O–H groups in total. The van der Waals surface area contributed by atoms with Gasteiger partial charge in [0.1, 0.15) is 5.82 Å². The van der Waals surface area contributed by atoms with Crippen LogP contribution in [0.25, 0.3) is 11.3 Å². The van der Waals surface area contributed by atoms with Crippen molar-refractivity contribution in [1.82, 2.24) is 15.2 Å². The fraction of sp³-hybridized carbons (Fsp3) is 0.0667. The Labute approximate surface area is 130 Å². The summed E-state index contributed by atoms with van der Waals surface area (Å²) in [7, 11) is 0. The van der Waals surface area contributed by atoms with E-state index < -0.39 is 0 Å². The first-order chi connectivity index (χ1) is 10.2. The molecule has 3 rings (SSSR count). The number of nitrogens with two attached hydrogens (primary N) is 1. The number of benzene rings is 1.